The molecule has 0 bridgehead atoms. The van der Waals surface area contributed by atoms with Gasteiger partial charge in [-0.25, -0.2) is 0 Å². The van der Waals surface area contributed by atoms with E-state index < -0.39 is 0 Å². The summed E-state index contributed by atoms with van der Waals surface area (Å²) in [4.78, 5) is 12.4. The number of benzene rings is 2. The maximum Gasteiger partial charge on any atom is 0.189 e. The van der Waals surface area contributed by atoms with Gasteiger partial charge in [-0.3, -0.25) is 4.79 Å². The molecule has 20 heavy (non-hydrogen) atoms. The van der Waals surface area contributed by atoms with Gasteiger partial charge in [0, 0.05) is 11.1 Å². The van der Waals surface area contributed by atoms with E-state index in [9.17, 15) is 15.0 Å². The molecule has 0 unspecified atom stereocenters. The molecule has 0 saturated heterocycles. The molecule has 3 nitrogen and oxygen atoms in total. The first-order valence-electron chi connectivity index (χ1n) is 6.50. The molecule has 0 radical (unpaired) electrons. The average Bonchev–Trinajstić information content (AvgIpc) is 2.46. The Morgan fingerprint density at radius 2 is 1.75 bits per heavy atom. The summed E-state index contributed by atoms with van der Waals surface area (Å²) in [5, 5.41) is 18.8. The highest BCUT2D eigenvalue weighted by atomic mass is 16.3. The van der Waals surface area contributed by atoms with Crippen molar-refractivity contribution in [2.45, 2.75) is 12.8 Å². The van der Waals surface area contributed by atoms with Crippen LogP contribution in [-0.4, -0.2) is 16.0 Å². The molecule has 0 saturated carbocycles. The van der Waals surface area contributed by atoms with Crippen molar-refractivity contribution < 1.29 is 15.0 Å². The van der Waals surface area contributed by atoms with E-state index in [1.54, 1.807) is 12.1 Å². The Hall–Kier alpha value is -2.55. The number of aromatic hydroxyl groups is 2. The molecule has 0 atom stereocenters. The average molecular weight is 266 g/mol. The largest absolute Gasteiger partial charge is 0.504 e. The zero-order chi connectivity index (χ0) is 14.1. The van der Waals surface area contributed by atoms with Crippen molar-refractivity contribution in [2.75, 3.05) is 0 Å². The van der Waals surface area contributed by atoms with Crippen LogP contribution in [0.4, 0.5) is 0 Å². The predicted molar refractivity (Wildman–Crippen MR) is 76.8 cm³/mol. The number of carbonyl (C=O) groups is 1. The lowest BCUT2D eigenvalue weighted by molar-refractivity contribution is 0.102. The van der Waals surface area contributed by atoms with E-state index in [0.29, 0.717) is 12.0 Å². The fourth-order valence-electron chi connectivity index (χ4n) is 2.48. The Morgan fingerprint density at radius 3 is 2.55 bits per heavy atom. The van der Waals surface area contributed by atoms with Gasteiger partial charge in [0.25, 0.3) is 0 Å². The number of fused-ring (bicyclic) bond motifs is 1. The zero-order valence-electron chi connectivity index (χ0n) is 10.8. The van der Waals surface area contributed by atoms with Crippen molar-refractivity contribution in [3.05, 3.63) is 64.7 Å². The van der Waals surface area contributed by atoms with E-state index in [2.05, 4.69) is 0 Å². The first-order valence-corrected chi connectivity index (χ1v) is 6.50. The maximum atomic E-state index is 12.4. The van der Waals surface area contributed by atoms with Crippen LogP contribution >= 0.6 is 0 Å². The van der Waals surface area contributed by atoms with Crippen LogP contribution in [-0.2, 0) is 6.42 Å². The molecule has 100 valence electrons. The lowest BCUT2D eigenvalue weighted by atomic mass is 9.86. The van der Waals surface area contributed by atoms with Gasteiger partial charge in [0.1, 0.15) is 0 Å². The fourth-order valence-corrected chi connectivity index (χ4v) is 2.48. The monoisotopic (exact) mass is 266 g/mol. The molecule has 0 fully saturated rings. The normalized spacial score (nSPS) is 16.2. The first kappa shape index (κ1) is 12.5. The highest BCUT2D eigenvalue weighted by Crippen LogP contribution is 2.29. The molecule has 0 aromatic heterocycles. The van der Waals surface area contributed by atoms with Crippen molar-refractivity contribution >= 4 is 11.9 Å². The standard InChI is InChI=1S/C17H14O3/c18-15-8-5-11(10-16(15)19)9-13-7-6-12-3-1-2-4-14(12)17(13)20/h1-5,8-10,18-19H,6-7H2/b13-9+. The second-order valence-corrected chi connectivity index (χ2v) is 4.90. The van der Waals surface area contributed by atoms with Gasteiger partial charge in [0.2, 0.25) is 0 Å². The molecule has 0 heterocycles. The number of phenolic OH excluding ortho intramolecular Hbond substituents is 2. The summed E-state index contributed by atoms with van der Waals surface area (Å²) >= 11 is 0. The van der Waals surface area contributed by atoms with Gasteiger partial charge in [-0.1, -0.05) is 30.3 Å². The fraction of sp³-hybridized carbons (Fsp3) is 0.118. The second kappa shape index (κ2) is 4.85. The van der Waals surface area contributed by atoms with Crippen molar-refractivity contribution in [2.24, 2.45) is 0 Å². The van der Waals surface area contributed by atoms with Crippen molar-refractivity contribution in [1.29, 1.82) is 0 Å². The minimum atomic E-state index is -0.178. The van der Waals surface area contributed by atoms with Crippen LogP contribution < -0.4 is 0 Å². The SMILES string of the molecule is O=C1/C(=C/c2ccc(O)c(O)c2)CCc2ccccc21. The summed E-state index contributed by atoms with van der Waals surface area (Å²) in [5.41, 5.74) is 3.29. The third-order valence-corrected chi connectivity index (χ3v) is 3.56. The molecule has 2 aromatic carbocycles. The Balaban J connectivity index is 1.97. The molecule has 2 aromatic rings. The highest BCUT2D eigenvalue weighted by Gasteiger charge is 2.21. The van der Waals surface area contributed by atoms with Crippen LogP contribution in [0.5, 0.6) is 11.5 Å². The molecule has 2 N–H and O–H groups in total. The number of phenols is 2. The number of hydrogen-bond donors (Lipinski definition) is 2. The minimum Gasteiger partial charge on any atom is -0.504 e. The second-order valence-electron chi connectivity index (χ2n) is 4.90. The van der Waals surface area contributed by atoms with Crippen LogP contribution in [0.25, 0.3) is 6.08 Å². The summed E-state index contributed by atoms with van der Waals surface area (Å²) in [6.07, 6.45) is 3.31. The van der Waals surface area contributed by atoms with E-state index in [1.807, 2.05) is 24.3 Å². The molecular weight excluding hydrogens is 252 g/mol. The summed E-state index contributed by atoms with van der Waals surface area (Å²) in [6, 6.07) is 12.2. The van der Waals surface area contributed by atoms with E-state index in [4.69, 9.17) is 0 Å². The summed E-state index contributed by atoms with van der Waals surface area (Å²) in [7, 11) is 0. The number of ketones is 1. The van der Waals surface area contributed by atoms with Crippen LogP contribution in [0.1, 0.15) is 27.9 Å². The summed E-state index contributed by atoms with van der Waals surface area (Å²) in [6.45, 7) is 0. The molecular formula is C17H14O3. The van der Waals surface area contributed by atoms with Crippen LogP contribution in [0.3, 0.4) is 0 Å². The number of hydrogen-bond acceptors (Lipinski definition) is 3. The quantitative estimate of drug-likeness (QED) is 0.615. The topological polar surface area (TPSA) is 57.5 Å². The van der Waals surface area contributed by atoms with Crippen molar-refractivity contribution in [3.8, 4) is 11.5 Å². The van der Waals surface area contributed by atoms with Crippen LogP contribution in [0.15, 0.2) is 48.0 Å². The lowest BCUT2D eigenvalue weighted by Crippen LogP contribution is -2.13. The van der Waals surface area contributed by atoms with Gasteiger partial charge >= 0.3 is 0 Å². The molecule has 3 rings (SSSR count). The molecule has 0 amide bonds. The number of carbonyl (C=O) groups excluding carboxylic acids is 1. The minimum absolute atomic E-state index is 0.0411. The third-order valence-electron chi connectivity index (χ3n) is 3.56. The van der Waals surface area contributed by atoms with E-state index in [-0.39, 0.29) is 17.3 Å². The van der Waals surface area contributed by atoms with Gasteiger partial charge < -0.3 is 10.2 Å². The van der Waals surface area contributed by atoms with Gasteiger partial charge in [0.15, 0.2) is 17.3 Å². The summed E-state index contributed by atoms with van der Waals surface area (Å²) in [5.74, 6) is -0.296. The molecule has 0 spiro atoms. The number of aryl methyl sites for hydroxylation is 1. The predicted octanol–water partition coefficient (Wildman–Crippen LogP) is 3.31. The molecule has 1 aliphatic carbocycles. The van der Waals surface area contributed by atoms with Gasteiger partial charge in [-0.2, -0.15) is 0 Å². The smallest absolute Gasteiger partial charge is 0.189 e. The molecule has 1 aliphatic rings. The highest BCUT2D eigenvalue weighted by molar-refractivity contribution is 6.13. The van der Waals surface area contributed by atoms with Crippen LogP contribution in [0, 0.1) is 0 Å². The van der Waals surface area contributed by atoms with E-state index >= 15 is 0 Å². The molecule has 3 heteroatoms. The Morgan fingerprint density at radius 1 is 0.950 bits per heavy atom. The first-order chi connectivity index (χ1) is 9.65. The Labute approximate surface area is 116 Å². The molecule has 0 aliphatic heterocycles. The van der Waals surface area contributed by atoms with Gasteiger partial charge in [-0.05, 0) is 42.2 Å². The Bertz CT molecular complexity index is 714. The zero-order valence-corrected chi connectivity index (χ0v) is 10.8. The third kappa shape index (κ3) is 2.18. The maximum absolute atomic E-state index is 12.4. The van der Waals surface area contributed by atoms with Gasteiger partial charge in [0.05, 0.1) is 0 Å². The number of Topliss-reactive ketones (excluding diaryl/α,β-unsaturated/α-hetero) is 1. The van der Waals surface area contributed by atoms with Crippen molar-refractivity contribution in [1.82, 2.24) is 0 Å². The van der Waals surface area contributed by atoms with Crippen molar-refractivity contribution in [3.63, 3.8) is 0 Å². The summed E-state index contributed by atoms with van der Waals surface area (Å²) < 4.78 is 0. The number of allylic oxidation sites excluding steroid dienone is 1. The lowest BCUT2D eigenvalue weighted by Gasteiger charge is -2.17. The Kier molecular flexibility index (Phi) is 3.03. The van der Waals surface area contributed by atoms with Gasteiger partial charge in [-0.15, -0.1) is 0 Å². The number of rotatable bonds is 1. The van der Waals surface area contributed by atoms with E-state index in [0.717, 1.165) is 23.1 Å². The van der Waals surface area contributed by atoms with Crippen LogP contribution in [0.2, 0.25) is 0 Å². The van der Waals surface area contributed by atoms with E-state index in [1.165, 1.54) is 12.1 Å².